The number of fused-ring (bicyclic) bond motifs is 1. The van der Waals surface area contributed by atoms with E-state index in [1.54, 1.807) is 12.3 Å². The molecule has 0 bridgehead atoms. The molecule has 4 fully saturated rings. The number of amides is 2. The molecule has 4 aliphatic rings. The van der Waals surface area contributed by atoms with Gasteiger partial charge in [0.1, 0.15) is 5.69 Å². The number of hydrogen-bond acceptors (Lipinski definition) is 9. The van der Waals surface area contributed by atoms with Gasteiger partial charge in [-0.3, -0.25) is 14.7 Å². The summed E-state index contributed by atoms with van der Waals surface area (Å²) in [4.78, 5) is 40.1. The number of nitrogens with two attached hydrogens (primary N) is 1. The highest BCUT2D eigenvalue weighted by Crippen LogP contribution is 2.40. The maximum atomic E-state index is 13.6. The van der Waals surface area contributed by atoms with Crippen LogP contribution >= 0.6 is 11.9 Å². The molecule has 1 saturated carbocycles. The monoisotopic (exact) mass is 555 g/mol. The zero-order valence-corrected chi connectivity index (χ0v) is 23.1. The number of aromatic nitrogens is 2. The van der Waals surface area contributed by atoms with Crippen molar-refractivity contribution < 1.29 is 24.2 Å². The lowest BCUT2D eigenvalue weighted by atomic mass is 10.0. The third-order valence-electron chi connectivity index (χ3n) is 8.02. The lowest BCUT2D eigenvalue weighted by molar-refractivity contribution is 0.0490. The van der Waals surface area contributed by atoms with Crippen LogP contribution in [-0.2, 0) is 4.74 Å². The molecule has 39 heavy (non-hydrogen) atoms. The van der Waals surface area contributed by atoms with Crippen LogP contribution in [0.4, 0.5) is 0 Å². The van der Waals surface area contributed by atoms with E-state index >= 15 is 0 Å². The molecule has 3 saturated heterocycles. The summed E-state index contributed by atoms with van der Waals surface area (Å²) in [7, 11) is 1.00. The van der Waals surface area contributed by atoms with Gasteiger partial charge in [-0.1, -0.05) is 0 Å². The number of nitrogens with zero attached hydrogens (tertiary/aromatic N) is 4. The molecule has 11 heteroatoms. The molecule has 0 spiro atoms. The molecule has 6 rings (SSSR count). The number of carbonyl (C=O) groups is 2. The first-order valence-electron chi connectivity index (χ1n) is 13.7. The normalized spacial score (nSPS) is 22.7. The highest BCUT2D eigenvalue weighted by atomic mass is 32.2. The fraction of sp³-hybridized carbons (Fsp3) is 0.571. The standard InChI is InChI=1S/C27H33N5O4S.CH4O/c28-37-22-3-4-23(29-11-22)27(34)32-14-20-12-31(13-21(20)15-32)26(33)19-9-24(18-1-2-18)30-25(10-19)36-16-17-5-7-35-8-6-17;1-2/h3-4,9-11,17-18,20-21H,1-2,5-8,12-16,28H2;2H,1H3. The van der Waals surface area contributed by atoms with E-state index < -0.39 is 0 Å². The maximum Gasteiger partial charge on any atom is 0.272 e. The van der Waals surface area contributed by atoms with Gasteiger partial charge in [0, 0.05) is 92.7 Å². The summed E-state index contributed by atoms with van der Waals surface area (Å²) < 4.78 is 11.5. The van der Waals surface area contributed by atoms with E-state index in [1.807, 2.05) is 28.0 Å². The van der Waals surface area contributed by atoms with Crippen LogP contribution in [0.3, 0.4) is 0 Å². The van der Waals surface area contributed by atoms with Crippen LogP contribution < -0.4 is 9.88 Å². The van der Waals surface area contributed by atoms with Crippen molar-refractivity contribution in [3.05, 3.63) is 47.4 Å². The highest BCUT2D eigenvalue weighted by Gasteiger charge is 2.43. The number of aliphatic hydroxyl groups excluding tert-OH is 1. The van der Waals surface area contributed by atoms with Crippen molar-refractivity contribution in [2.24, 2.45) is 22.9 Å². The molecule has 210 valence electrons. The summed E-state index contributed by atoms with van der Waals surface area (Å²) in [5, 5.41) is 12.6. The van der Waals surface area contributed by atoms with E-state index in [4.69, 9.17) is 24.7 Å². The Bertz CT molecular complexity index is 1140. The zero-order chi connectivity index (χ0) is 27.4. The van der Waals surface area contributed by atoms with Gasteiger partial charge in [-0.2, -0.15) is 0 Å². The van der Waals surface area contributed by atoms with E-state index in [9.17, 15) is 9.59 Å². The Kier molecular flexibility index (Phi) is 9.01. The first-order chi connectivity index (χ1) is 19.1. The largest absolute Gasteiger partial charge is 0.477 e. The van der Waals surface area contributed by atoms with Crippen molar-refractivity contribution in [2.75, 3.05) is 53.1 Å². The number of hydrogen-bond donors (Lipinski definition) is 2. The van der Waals surface area contributed by atoms with Gasteiger partial charge in [0.15, 0.2) is 0 Å². The van der Waals surface area contributed by atoms with Gasteiger partial charge >= 0.3 is 0 Å². The van der Waals surface area contributed by atoms with Gasteiger partial charge in [0.05, 0.1) is 6.61 Å². The smallest absolute Gasteiger partial charge is 0.272 e. The van der Waals surface area contributed by atoms with Gasteiger partial charge in [-0.05, 0) is 61.7 Å². The van der Waals surface area contributed by atoms with Crippen LogP contribution in [0.2, 0.25) is 0 Å². The van der Waals surface area contributed by atoms with Crippen molar-refractivity contribution in [3.63, 3.8) is 0 Å². The first kappa shape index (κ1) is 27.8. The summed E-state index contributed by atoms with van der Waals surface area (Å²) in [6.07, 6.45) is 5.85. The topological polar surface area (TPSA) is 131 Å². The minimum atomic E-state index is -0.0598. The third kappa shape index (κ3) is 6.54. The van der Waals surface area contributed by atoms with Crippen molar-refractivity contribution in [3.8, 4) is 5.88 Å². The van der Waals surface area contributed by atoms with Crippen LogP contribution in [-0.4, -0.2) is 89.8 Å². The maximum absolute atomic E-state index is 13.6. The van der Waals surface area contributed by atoms with Gasteiger partial charge in [-0.25, -0.2) is 9.97 Å². The number of aliphatic hydroxyl groups is 1. The Balaban J connectivity index is 0.00000151. The van der Waals surface area contributed by atoms with Crippen LogP contribution in [0.15, 0.2) is 35.4 Å². The molecule has 3 aliphatic heterocycles. The Hall–Kier alpha value is -2.73. The number of pyridine rings is 2. The first-order valence-corrected chi connectivity index (χ1v) is 14.5. The van der Waals surface area contributed by atoms with E-state index in [-0.39, 0.29) is 23.7 Å². The second-order valence-electron chi connectivity index (χ2n) is 10.7. The fourth-order valence-electron chi connectivity index (χ4n) is 5.67. The minimum Gasteiger partial charge on any atom is -0.477 e. The van der Waals surface area contributed by atoms with Gasteiger partial charge in [-0.15, -0.1) is 0 Å². The van der Waals surface area contributed by atoms with Crippen molar-refractivity contribution in [1.82, 2.24) is 19.8 Å². The van der Waals surface area contributed by atoms with Crippen LogP contribution in [0.25, 0.3) is 0 Å². The van der Waals surface area contributed by atoms with E-state index in [0.29, 0.717) is 61.8 Å². The summed E-state index contributed by atoms with van der Waals surface area (Å²) in [6.45, 7) is 4.77. The molecule has 3 N–H and O–H groups in total. The molecular weight excluding hydrogens is 518 g/mol. The van der Waals surface area contributed by atoms with Crippen LogP contribution in [0.1, 0.15) is 58.1 Å². The second kappa shape index (κ2) is 12.6. The average molecular weight is 556 g/mol. The summed E-state index contributed by atoms with van der Waals surface area (Å²) in [5.41, 5.74) is 2.06. The Labute approximate surface area is 233 Å². The van der Waals surface area contributed by atoms with Gasteiger partial charge < -0.3 is 24.4 Å². The average Bonchev–Trinajstić information content (AvgIpc) is 3.66. The molecule has 5 heterocycles. The summed E-state index contributed by atoms with van der Waals surface area (Å²) in [6, 6.07) is 7.31. The van der Waals surface area contributed by atoms with E-state index in [1.165, 1.54) is 0 Å². The Morgan fingerprint density at radius 3 is 2.28 bits per heavy atom. The molecular formula is C28H37N5O5S. The van der Waals surface area contributed by atoms with Crippen molar-refractivity contribution >= 4 is 23.8 Å². The number of likely N-dealkylation sites (tertiary alicyclic amines) is 2. The summed E-state index contributed by atoms with van der Waals surface area (Å²) >= 11 is 1.11. The van der Waals surface area contributed by atoms with E-state index in [0.717, 1.165) is 68.5 Å². The zero-order valence-electron chi connectivity index (χ0n) is 22.3. The third-order valence-corrected chi connectivity index (χ3v) is 8.54. The molecule has 2 unspecified atom stereocenters. The SMILES string of the molecule is CO.NSc1ccc(C(=O)N2CC3CN(C(=O)c4cc(OCC5CCOCC5)nc(C5CC5)c4)CC3C2)nc1. The lowest BCUT2D eigenvalue weighted by Crippen LogP contribution is -2.36. The molecule has 0 radical (unpaired) electrons. The number of carbonyl (C=O) groups excluding carboxylic acids is 2. The molecule has 0 aromatic carbocycles. The molecule has 2 aromatic rings. The molecule has 10 nitrogen and oxygen atoms in total. The quantitative estimate of drug-likeness (QED) is 0.495. The van der Waals surface area contributed by atoms with E-state index in [2.05, 4.69) is 4.98 Å². The lowest BCUT2D eigenvalue weighted by Gasteiger charge is -2.23. The fourth-order valence-corrected chi connectivity index (χ4v) is 5.93. The second-order valence-corrected chi connectivity index (χ2v) is 11.4. The van der Waals surface area contributed by atoms with Crippen molar-refractivity contribution in [1.29, 1.82) is 0 Å². The van der Waals surface area contributed by atoms with Crippen LogP contribution in [0, 0.1) is 17.8 Å². The summed E-state index contributed by atoms with van der Waals surface area (Å²) in [5.74, 6) is 1.99. The number of ether oxygens (including phenoxy) is 2. The molecule has 1 aliphatic carbocycles. The molecule has 2 atom stereocenters. The minimum absolute atomic E-state index is 0.0315. The predicted octanol–water partition coefficient (Wildman–Crippen LogP) is 2.58. The van der Waals surface area contributed by atoms with Crippen molar-refractivity contribution in [2.45, 2.75) is 36.5 Å². The van der Waals surface area contributed by atoms with Gasteiger partial charge in [0.2, 0.25) is 5.88 Å². The Morgan fingerprint density at radius 2 is 1.69 bits per heavy atom. The number of rotatable bonds is 7. The highest BCUT2D eigenvalue weighted by molar-refractivity contribution is 7.97. The predicted molar refractivity (Wildman–Crippen MR) is 146 cm³/mol. The van der Waals surface area contributed by atoms with Gasteiger partial charge in [0.25, 0.3) is 11.8 Å². The Morgan fingerprint density at radius 1 is 1.03 bits per heavy atom. The molecule has 2 amide bonds. The molecule has 2 aromatic heterocycles. The van der Waals surface area contributed by atoms with Crippen LogP contribution in [0.5, 0.6) is 5.88 Å².